The van der Waals surface area contributed by atoms with E-state index in [9.17, 15) is 14.4 Å². The fourth-order valence-electron chi connectivity index (χ4n) is 2.95. The first kappa shape index (κ1) is 23.1. The lowest BCUT2D eigenvalue weighted by Gasteiger charge is -2.23. The van der Waals surface area contributed by atoms with E-state index >= 15 is 0 Å². The number of aryl methyl sites for hydroxylation is 1. The summed E-state index contributed by atoms with van der Waals surface area (Å²) in [6.45, 7) is 7.35. The van der Waals surface area contributed by atoms with Crippen molar-refractivity contribution < 1.29 is 19.1 Å². The van der Waals surface area contributed by atoms with Crippen LogP contribution in [0, 0.1) is 12.3 Å². The van der Waals surface area contributed by atoms with Crippen LogP contribution in [-0.4, -0.2) is 47.4 Å². The van der Waals surface area contributed by atoms with E-state index in [0.29, 0.717) is 32.9 Å². The van der Waals surface area contributed by atoms with Gasteiger partial charge < -0.3 is 20.3 Å². The van der Waals surface area contributed by atoms with Crippen LogP contribution in [0.15, 0.2) is 30.3 Å². The number of carbonyl (C=O) groups is 3. The lowest BCUT2D eigenvalue weighted by Crippen LogP contribution is -2.44. The minimum atomic E-state index is -0.561. The summed E-state index contributed by atoms with van der Waals surface area (Å²) in [6, 6.07) is 8.30. The van der Waals surface area contributed by atoms with Crippen LogP contribution >= 0.6 is 23.1 Å². The first-order valence-corrected chi connectivity index (χ1v) is 11.8. The first-order valence-electron chi connectivity index (χ1n) is 9.85. The number of amides is 3. The molecule has 1 aromatic carbocycles. The smallest absolute Gasteiger partial charge is 0.265 e. The molecule has 1 aliphatic heterocycles. The van der Waals surface area contributed by atoms with E-state index in [0.717, 1.165) is 5.56 Å². The normalized spacial score (nSPS) is 16.2. The predicted molar refractivity (Wildman–Crippen MR) is 126 cm³/mol. The molecule has 2 N–H and O–H groups in total. The Morgan fingerprint density at radius 3 is 2.42 bits per heavy atom. The van der Waals surface area contributed by atoms with E-state index < -0.39 is 11.5 Å². The molecule has 166 valence electrons. The summed E-state index contributed by atoms with van der Waals surface area (Å²) in [7, 11) is 1.58. The first-order chi connectivity index (χ1) is 14.6. The minimum Gasteiger partial charge on any atom is -0.497 e. The molecule has 3 amide bonds. The molecule has 2 heterocycles. The van der Waals surface area contributed by atoms with Gasteiger partial charge in [-0.25, -0.2) is 0 Å². The summed E-state index contributed by atoms with van der Waals surface area (Å²) in [4.78, 5) is 40.5. The second kappa shape index (κ2) is 9.32. The number of nitrogens with zero attached hydrogens (tertiary/aromatic N) is 1. The Morgan fingerprint density at radius 2 is 1.81 bits per heavy atom. The molecular formula is C22H27N3O4S2. The van der Waals surface area contributed by atoms with Gasteiger partial charge in [-0.15, -0.1) is 23.1 Å². The average molecular weight is 462 g/mol. The molecule has 1 aliphatic rings. The zero-order valence-electron chi connectivity index (χ0n) is 18.3. The third-order valence-corrected chi connectivity index (χ3v) is 6.99. The highest BCUT2D eigenvalue weighted by molar-refractivity contribution is 7.99. The van der Waals surface area contributed by atoms with Gasteiger partial charge in [0.25, 0.3) is 5.91 Å². The van der Waals surface area contributed by atoms with E-state index in [1.54, 1.807) is 54.1 Å². The molecule has 1 saturated heterocycles. The van der Waals surface area contributed by atoms with E-state index in [1.807, 2.05) is 27.7 Å². The van der Waals surface area contributed by atoms with E-state index in [4.69, 9.17) is 4.74 Å². The van der Waals surface area contributed by atoms with Crippen LogP contribution in [0.4, 0.5) is 10.7 Å². The Hall–Kier alpha value is -2.52. The van der Waals surface area contributed by atoms with Crippen molar-refractivity contribution in [3.63, 3.8) is 0 Å². The van der Waals surface area contributed by atoms with Gasteiger partial charge in [0, 0.05) is 16.9 Å². The third-order valence-electron chi connectivity index (χ3n) is 4.83. The summed E-state index contributed by atoms with van der Waals surface area (Å²) >= 11 is 2.79. The number of nitrogens with one attached hydrogen (secondary N) is 2. The Bertz CT molecular complexity index is 980. The Balaban J connectivity index is 1.72. The molecular weight excluding hydrogens is 434 g/mol. The monoisotopic (exact) mass is 461 g/mol. The largest absolute Gasteiger partial charge is 0.497 e. The number of rotatable bonds is 5. The van der Waals surface area contributed by atoms with Crippen LogP contribution in [0.3, 0.4) is 0 Å². The number of thiophene rings is 1. The topological polar surface area (TPSA) is 87.7 Å². The highest BCUT2D eigenvalue weighted by Crippen LogP contribution is 2.32. The molecule has 3 rings (SSSR count). The van der Waals surface area contributed by atoms with Crippen molar-refractivity contribution >= 4 is 51.5 Å². The maximum absolute atomic E-state index is 13.2. The highest BCUT2D eigenvalue weighted by atomic mass is 32.2. The molecule has 1 unspecified atom stereocenters. The van der Waals surface area contributed by atoms with Crippen molar-refractivity contribution in [2.45, 2.75) is 33.7 Å². The Kier molecular flexibility index (Phi) is 6.96. The molecule has 0 bridgehead atoms. The Labute approximate surface area is 190 Å². The van der Waals surface area contributed by atoms with Gasteiger partial charge in [-0.3, -0.25) is 14.4 Å². The van der Waals surface area contributed by atoms with Gasteiger partial charge in [0.15, 0.2) is 0 Å². The van der Waals surface area contributed by atoms with Crippen LogP contribution in [0.1, 0.15) is 36.0 Å². The van der Waals surface area contributed by atoms with Crippen molar-refractivity contribution in [2.24, 2.45) is 5.41 Å². The molecule has 1 aromatic heterocycles. The molecule has 0 radical (unpaired) electrons. The van der Waals surface area contributed by atoms with Crippen LogP contribution < -0.4 is 15.4 Å². The van der Waals surface area contributed by atoms with Gasteiger partial charge in [-0.1, -0.05) is 20.8 Å². The van der Waals surface area contributed by atoms with Gasteiger partial charge in [-0.2, -0.15) is 0 Å². The van der Waals surface area contributed by atoms with Gasteiger partial charge in [0.1, 0.15) is 11.8 Å². The lowest BCUT2D eigenvalue weighted by molar-refractivity contribution is -0.123. The third kappa shape index (κ3) is 5.40. The SMILES string of the molecule is COc1ccc(NC(=O)C2CSCN2C(=O)c2sc(NC(=O)C(C)(C)C)cc2C)cc1. The number of hydrogen-bond acceptors (Lipinski definition) is 6. The zero-order valence-corrected chi connectivity index (χ0v) is 19.9. The number of ether oxygens (including phenoxy) is 1. The second-order valence-corrected chi connectivity index (χ2v) is 10.4. The molecule has 1 fully saturated rings. The Morgan fingerprint density at radius 1 is 1.13 bits per heavy atom. The van der Waals surface area contributed by atoms with Crippen LogP contribution in [-0.2, 0) is 9.59 Å². The number of thioether (sulfide) groups is 1. The van der Waals surface area contributed by atoms with E-state index in [-0.39, 0.29) is 17.7 Å². The number of carbonyl (C=O) groups excluding carboxylic acids is 3. The van der Waals surface area contributed by atoms with Crippen LogP contribution in [0.25, 0.3) is 0 Å². The summed E-state index contributed by atoms with van der Waals surface area (Å²) < 4.78 is 5.13. The van der Waals surface area contributed by atoms with Gasteiger partial charge in [0.05, 0.1) is 22.9 Å². The van der Waals surface area contributed by atoms with Gasteiger partial charge >= 0.3 is 0 Å². The fourth-order valence-corrected chi connectivity index (χ4v) is 5.12. The molecule has 0 spiro atoms. The van der Waals surface area contributed by atoms with E-state index in [1.165, 1.54) is 11.3 Å². The minimum absolute atomic E-state index is 0.110. The van der Waals surface area contributed by atoms with Crippen molar-refractivity contribution in [1.29, 1.82) is 0 Å². The molecule has 1 atom stereocenters. The number of methoxy groups -OCH3 is 1. The second-order valence-electron chi connectivity index (χ2n) is 8.34. The maximum Gasteiger partial charge on any atom is 0.265 e. The van der Waals surface area contributed by atoms with Gasteiger partial charge in [0.2, 0.25) is 11.8 Å². The summed E-state index contributed by atoms with van der Waals surface area (Å²) in [5.74, 6) is 1.15. The summed E-state index contributed by atoms with van der Waals surface area (Å²) in [5, 5.41) is 6.39. The summed E-state index contributed by atoms with van der Waals surface area (Å²) in [5.41, 5.74) is 0.901. The molecule has 9 heteroatoms. The van der Waals surface area contributed by atoms with Gasteiger partial charge in [-0.05, 0) is 42.8 Å². The quantitative estimate of drug-likeness (QED) is 0.697. The molecule has 7 nitrogen and oxygen atoms in total. The lowest BCUT2D eigenvalue weighted by atomic mass is 9.96. The van der Waals surface area contributed by atoms with Crippen LogP contribution in [0.2, 0.25) is 0 Å². The van der Waals surface area contributed by atoms with Crippen molar-refractivity contribution in [3.8, 4) is 5.75 Å². The van der Waals surface area contributed by atoms with Crippen LogP contribution in [0.5, 0.6) is 5.75 Å². The molecule has 2 aromatic rings. The van der Waals surface area contributed by atoms with Crippen molar-refractivity contribution in [2.75, 3.05) is 29.4 Å². The predicted octanol–water partition coefficient (Wildman–Crippen LogP) is 4.20. The molecule has 0 aliphatic carbocycles. The van der Waals surface area contributed by atoms with Crippen molar-refractivity contribution in [1.82, 2.24) is 4.90 Å². The highest BCUT2D eigenvalue weighted by Gasteiger charge is 2.36. The van der Waals surface area contributed by atoms with Crippen molar-refractivity contribution in [3.05, 3.63) is 40.8 Å². The zero-order chi connectivity index (χ0) is 22.8. The van der Waals surface area contributed by atoms with E-state index in [2.05, 4.69) is 10.6 Å². The number of hydrogen-bond donors (Lipinski definition) is 2. The maximum atomic E-state index is 13.2. The number of anilines is 2. The standard InChI is InChI=1S/C22H27N3O4S2/c1-13-10-17(24-21(28)22(2,3)4)31-18(13)20(27)25-12-30-11-16(25)19(26)23-14-6-8-15(29-5)9-7-14/h6-10,16H,11-12H2,1-5H3,(H,23,26)(H,24,28). The molecule has 0 saturated carbocycles. The fraction of sp³-hybridized carbons (Fsp3) is 0.409. The average Bonchev–Trinajstić information content (AvgIpc) is 3.34. The number of benzene rings is 1. The summed E-state index contributed by atoms with van der Waals surface area (Å²) in [6.07, 6.45) is 0. The molecule has 31 heavy (non-hydrogen) atoms.